The van der Waals surface area contributed by atoms with Crippen LogP contribution >= 0.6 is 0 Å². The van der Waals surface area contributed by atoms with Gasteiger partial charge in [-0.3, -0.25) is 9.59 Å². The molecule has 122 valence electrons. The molecule has 0 aliphatic rings. The second kappa shape index (κ2) is 7.13. The minimum absolute atomic E-state index is 0.0914. The molecular weight excluding hydrogens is 294 g/mol. The van der Waals surface area contributed by atoms with Crippen molar-refractivity contribution in [3.8, 4) is 5.75 Å². The Morgan fingerprint density at radius 1 is 1.13 bits per heavy atom. The molecule has 1 amide bonds. The van der Waals surface area contributed by atoms with Gasteiger partial charge >= 0.3 is 5.97 Å². The Hall–Kier alpha value is -2.56. The largest absolute Gasteiger partial charge is 0.484 e. The van der Waals surface area contributed by atoms with Gasteiger partial charge in [-0.25, -0.2) is 0 Å². The smallest absolute Gasteiger partial charge is 0.309 e. The zero-order chi connectivity index (χ0) is 16.9. The number of fused-ring (bicyclic) bond motifs is 1. The molecule has 0 aliphatic heterocycles. The van der Waals surface area contributed by atoms with Crippen LogP contribution < -0.4 is 10.1 Å². The molecule has 0 aliphatic carbocycles. The van der Waals surface area contributed by atoms with E-state index in [1.54, 1.807) is 13.8 Å². The molecule has 0 unspecified atom stereocenters. The summed E-state index contributed by atoms with van der Waals surface area (Å²) in [6.07, 6.45) is 0.365. The van der Waals surface area contributed by atoms with E-state index >= 15 is 0 Å². The van der Waals surface area contributed by atoms with Crippen LogP contribution in [0.3, 0.4) is 0 Å². The number of benzene rings is 2. The normalized spacial score (nSPS) is 11.2. The summed E-state index contributed by atoms with van der Waals surface area (Å²) in [7, 11) is 0. The van der Waals surface area contributed by atoms with Crippen LogP contribution in [0.4, 0.5) is 0 Å². The molecule has 0 bridgehead atoms. The van der Waals surface area contributed by atoms with Crippen molar-refractivity contribution in [2.24, 2.45) is 5.41 Å². The monoisotopic (exact) mass is 315 g/mol. The molecule has 0 atom stereocenters. The molecule has 23 heavy (non-hydrogen) atoms. The molecule has 2 aromatic carbocycles. The van der Waals surface area contributed by atoms with Crippen LogP contribution in [0.1, 0.15) is 20.3 Å². The average molecular weight is 315 g/mol. The summed E-state index contributed by atoms with van der Waals surface area (Å²) < 4.78 is 5.48. The van der Waals surface area contributed by atoms with Crippen molar-refractivity contribution in [1.29, 1.82) is 0 Å². The van der Waals surface area contributed by atoms with Gasteiger partial charge in [0.05, 0.1) is 5.41 Å². The van der Waals surface area contributed by atoms with E-state index in [2.05, 4.69) is 5.32 Å². The van der Waals surface area contributed by atoms with E-state index < -0.39 is 11.4 Å². The second-order valence-electron chi connectivity index (χ2n) is 6.09. The lowest BCUT2D eigenvalue weighted by atomic mass is 9.90. The molecule has 0 saturated carbocycles. The summed E-state index contributed by atoms with van der Waals surface area (Å²) in [5, 5.41) is 13.8. The fraction of sp³-hybridized carbons (Fsp3) is 0.333. The third-order valence-corrected chi connectivity index (χ3v) is 3.74. The Morgan fingerprint density at radius 2 is 1.83 bits per heavy atom. The third kappa shape index (κ3) is 4.71. The van der Waals surface area contributed by atoms with Gasteiger partial charge in [0, 0.05) is 6.54 Å². The molecule has 5 heteroatoms. The summed E-state index contributed by atoms with van der Waals surface area (Å²) in [6.45, 7) is 3.48. The highest BCUT2D eigenvalue weighted by Crippen LogP contribution is 2.21. The van der Waals surface area contributed by atoms with Crippen LogP contribution in [0.5, 0.6) is 5.75 Å². The Kier molecular flexibility index (Phi) is 5.21. The molecule has 0 fully saturated rings. The molecule has 0 spiro atoms. The number of rotatable bonds is 7. The predicted molar refractivity (Wildman–Crippen MR) is 88.5 cm³/mol. The number of amides is 1. The molecule has 2 N–H and O–H groups in total. The number of carbonyl (C=O) groups excluding carboxylic acids is 1. The first-order chi connectivity index (χ1) is 10.9. The zero-order valence-electron chi connectivity index (χ0n) is 13.3. The molecule has 0 heterocycles. The van der Waals surface area contributed by atoms with Crippen molar-refractivity contribution >= 4 is 22.6 Å². The molecule has 2 aromatic rings. The second-order valence-corrected chi connectivity index (χ2v) is 6.09. The lowest BCUT2D eigenvalue weighted by molar-refractivity contribution is -0.147. The zero-order valence-corrected chi connectivity index (χ0v) is 13.3. The van der Waals surface area contributed by atoms with Gasteiger partial charge < -0.3 is 15.2 Å². The van der Waals surface area contributed by atoms with Gasteiger partial charge in [-0.2, -0.15) is 0 Å². The van der Waals surface area contributed by atoms with Crippen LogP contribution in [0, 0.1) is 5.41 Å². The van der Waals surface area contributed by atoms with Crippen molar-refractivity contribution in [1.82, 2.24) is 5.32 Å². The molecular formula is C18H21NO4. The van der Waals surface area contributed by atoms with Crippen LogP contribution in [0.25, 0.3) is 10.8 Å². The number of carbonyl (C=O) groups is 2. The maximum atomic E-state index is 11.8. The van der Waals surface area contributed by atoms with E-state index in [0.29, 0.717) is 18.7 Å². The fourth-order valence-corrected chi connectivity index (χ4v) is 2.08. The fourth-order valence-electron chi connectivity index (χ4n) is 2.08. The molecule has 0 aromatic heterocycles. The van der Waals surface area contributed by atoms with Gasteiger partial charge in [-0.15, -0.1) is 0 Å². The van der Waals surface area contributed by atoms with Crippen LogP contribution in [0.2, 0.25) is 0 Å². The minimum atomic E-state index is -0.876. The number of carboxylic acid groups (broad SMARTS) is 1. The quantitative estimate of drug-likeness (QED) is 0.824. The summed E-state index contributed by atoms with van der Waals surface area (Å²) in [4.78, 5) is 22.7. The van der Waals surface area contributed by atoms with E-state index in [-0.39, 0.29) is 12.5 Å². The van der Waals surface area contributed by atoms with E-state index in [9.17, 15) is 9.59 Å². The number of hydrogen-bond acceptors (Lipinski definition) is 3. The minimum Gasteiger partial charge on any atom is -0.484 e. The van der Waals surface area contributed by atoms with E-state index in [4.69, 9.17) is 9.84 Å². The van der Waals surface area contributed by atoms with Crippen molar-refractivity contribution in [3.63, 3.8) is 0 Å². The van der Waals surface area contributed by atoms with Gasteiger partial charge in [0.15, 0.2) is 6.61 Å². The lowest BCUT2D eigenvalue weighted by Crippen LogP contribution is -2.34. The van der Waals surface area contributed by atoms with Crippen LogP contribution in [-0.4, -0.2) is 30.1 Å². The van der Waals surface area contributed by atoms with Crippen molar-refractivity contribution in [2.75, 3.05) is 13.2 Å². The summed E-state index contributed by atoms with van der Waals surface area (Å²) in [6, 6.07) is 13.6. The highest BCUT2D eigenvalue weighted by Gasteiger charge is 2.26. The first-order valence-electron chi connectivity index (χ1n) is 7.50. The Labute approximate surface area is 135 Å². The molecule has 5 nitrogen and oxygen atoms in total. The number of carboxylic acids is 1. The van der Waals surface area contributed by atoms with E-state index in [1.165, 1.54) is 0 Å². The molecule has 0 radical (unpaired) electrons. The van der Waals surface area contributed by atoms with E-state index in [0.717, 1.165) is 10.8 Å². The van der Waals surface area contributed by atoms with Crippen molar-refractivity contribution < 1.29 is 19.4 Å². The Balaban J connectivity index is 1.80. The molecule has 0 saturated heterocycles. The van der Waals surface area contributed by atoms with Gasteiger partial charge in [0.1, 0.15) is 5.75 Å². The van der Waals surface area contributed by atoms with Gasteiger partial charge in [-0.1, -0.05) is 30.3 Å². The van der Waals surface area contributed by atoms with Crippen molar-refractivity contribution in [3.05, 3.63) is 42.5 Å². The lowest BCUT2D eigenvalue weighted by Gasteiger charge is -2.18. The first kappa shape index (κ1) is 16.8. The van der Waals surface area contributed by atoms with Crippen molar-refractivity contribution in [2.45, 2.75) is 20.3 Å². The number of hydrogen-bond donors (Lipinski definition) is 2. The first-order valence-corrected chi connectivity index (χ1v) is 7.50. The number of nitrogens with one attached hydrogen (secondary N) is 1. The maximum Gasteiger partial charge on any atom is 0.309 e. The summed E-state index contributed by atoms with van der Waals surface area (Å²) in [5.74, 6) is -0.511. The van der Waals surface area contributed by atoms with Crippen LogP contribution in [0.15, 0.2) is 42.5 Å². The number of aliphatic carboxylic acids is 1. The standard InChI is InChI=1S/C18H21NO4/c1-18(2,17(21)22)9-10-19-16(20)12-23-15-8-7-13-5-3-4-6-14(13)11-15/h3-8,11H,9-10,12H2,1-2H3,(H,19,20)(H,21,22). The topological polar surface area (TPSA) is 75.6 Å². The van der Waals surface area contributed by atoms with Crippen LogP contribution in [-0.2, 0) is 9.59 Å². The van der Waals surface area contributed by atoms with Gasteiger partial charge in [0.2, 0.25) is 0 Å². The summed E-state index contributed by atoms with van der Waals surface area (Å²) in [5.41, 5.74) is -0.855. The highest BCUT2D eigenvalue weighted by molar-refractivity contribution is 5.84. The van der Waals surface area contributed by atoms with Gasteiger partial charge in [0.25, 0.3) is 5.91 Å². The Bertz CT molecular complexity index is 709. The van der Waals surface area contributed by atoms with Gasteiger partial charge in [-0.05, 0) is 43.2 Å². The maximum absolute atomic E-state index is 11.8. The highest BCUT2D eigenvalue weighted by atomic mass is 16.5. The van der Waals surface area contributed by atoms with E-state index in [1.807, 2.05) is 42.5 Å². The molecule has 2 rings (SSSR count). The SMILES string of the molecule is CC(C)(CCNC(=O)COc1ccc2ccccc2c1)C(=O)O. The average Bonchev–Trinajstić information content (AvgIpc) is 2.52. The predicted octanol–water partition coefficient (Wildman–Crippen LogP) is 2.84. The Morgan fingerprint density at radius 3 is 2.52 bits per heavy atom. The summed E-state index contributed by atoms with van der Waals surface area (Å²) >= 11 is 0. The third-order valence-electron chi connectivity index (χ3n) is 3.74. The number of ether oxygens (including phenoxy) is 1.